The van der Waals surface area contributed by atoms with Gasteiger partial charge in [-0.1, -0.05) is 0 Å². The largest absolute Gasteiger partial charge is 0.379 e. The Morgan fingerprint density at radius 3 is 2.64 bits per heavy atom. The van der Waals surface area contributed by atoms with Crippen molar-refractivity contribution in [2.24, 2.45) is 4.99 Å². The number of aromatic nitrogens is 1. The van der Waals surface area contributed by atoms with Gasteiger partial charge in [0.05, 0.1) is 13.2 Å². The van der Waals surface area contributed by atoms with E-state index in [1.165, 1.54) is 0 Å². The van der Waals surface area contributed by atoms with Crippen LogP contribution in [0.2, 0.25) is 0 Å². The average Bonchev–Trinajstić information content (AvgIpc) is 3.06. The van der Waals surface area contributed by atoms with Crippen LogP contribution in [0.25, 0.3) is 0 Å². The lowest BCUT2D eigenvalue weighted by molar-refractivity contribution is 0.0377. The SMILES string of the molecule is CCNC(=NCCCN1CCOCC1)NCCn1cccc1. The van der Waals surface area contributed by atoms with E-state index in [2.05, 4.69) is 44.4 Å². The lowest BCUT2D eigenvalue weighted by atomic mass is 10.3. The first-order valence-corrected chi connectivity index (χ1v) is 8.31. The van der Waals surface area contributed by atoms with Crippen LogP contribution in [0.1, 0.15) is 13.3 Å². The Bertz CT molecular complexity index is 412. The highest BCUT2D eigenvalue weighted by molar-refractivity contribution is 5.79. The van der Waals surface area contributed by atoms with E-state index in [0.29, 0.717) is 0 Å². The Kier molecular flexibility index (Phi) is 7.83. The smallest absolute Gasteiger partial charge is 0.191 e. The van der Waals surface area contributed by atoms with Crippen molar-refractivity contribution in [3.63, 3.8) is 0 Å². The summed E-state index contributed by atoms with van der Waals surface area (Å²) in [5, 5.41) is 6.68. The summed E-state index contributed by atoms with van der Waals surface area (Å²) in [6.45, 7) is 10.6. The van der Waals surface area contributed by atoms with Crippen LogP contribution in [0, 0.1) is 0 Å². The molecule has 1 aromatic heterocycles. The minimum Gasteiger partial charge on any atom is -0.379 e. The van der Waals surface area contributed by atoms with Crippen molar-refractivity contribution in [3.05, 3.63) is 24.5 Å². The monoisotopic (exact) mass is 307 g/mol. The Labute approximate surface area is 133 Å². The Morgan fingerprint density at radius 1 is 1.14 bits per heavy atom. The second kappa shape index (κ2) is 10.2. The number of morpholine rings is 1. The number of hydrogen-bond donors (Lipinski definition) is 2. The number of hydrogen-bond acceptors (Lipinski definition) is 3. The zero-order valence-corrected chi connectivity index (χ0v) is 13.6. The zero-order valence-electron chi connectivity index (χ0n) is 13.6. The van der Waals surface area contributed by atoms with Gasteiger partial charge in [0, 0.05) is 58.2 Å². The molecule has 0 spiro atoms. The van der Waals surface area contributed by atoms with Gasteiger partial charge in [-0.15, -0.1) is 0 Å². The highest BCUT2D eigenvalue weighted by Crippen LogP contribution is 1.98. The van der Waals surface area contributed by atoms with E-state index in [9.17, 15) is 0 Å². The second-order valence-corrected chi connectivity index (χ2v) is 5.42. The molecule has 0 aromatic carbocycles. The Morgan fingerprint density at radius 2 is 1.91 bits per heavy atom. The van der Waals surface area contributed by atoms with Crippen molar-refractivity contribution in [3.8, 4) is 0 Å². The molecule has 1 aromatic rings. The van der Waals surface area contributed by atoms with Crippen molar-refractivity contribution in [1.82, 2.24) is 20.1 Å². The summed E-state index contributed by atoms with van der Waals surface area (Å²) < 4.78 is 7.52. The van der Waals surface area contributed by atoms with Crippen LogP contribution < -0.4 is 10.6 Å². The third kappa shape index (κ3) is 6.49. The van der Waals surface area contributed by atoms with Gasteiger partial charge in [0.25, 0.3) is 0 Å². The molecule has 2 heterocycles. The minimum atomic E-state index is 0.857. The maximum absolute atomic E-state index is 5.36. The van der Waals surface area contributed by atoms with E-state index in [0.717, 1.165) is 71.4 Å². The highest BCUT2D eigenvalue weighted by atomic mass is 16.5. The van der Waals surface area contributed by atoms with E-state index in [1.54, 1.807) is 0 Å². The predicted molar refractivity (Wildman–Crippen MR) is 90.3 cm³/mol. The maximum atomic E-state index is 5.36. The summed E-state index contributed by atoms with van der Waals surface area (Å²) in [6, 6.07) is 4.09. The molecule has 2 N–H and O–H groups in total. The summed E-state index contributed by atoms with van der Waals surface area (Å²) in [5.74, 6) is 0.914. The molecule has 1 saturated heterocycles. The van der Waals surface area contributed by atoms with Crippen molar-refractivity contribution < 1.29 is 4.74 Å². The number of rotatable bonds is 8. The molecule has 6 nitrogen and oxygen atoms in total. The van der Waals surface area contributed by atoms with Gasteiger partial charge >= 0.3 is 0 Å². The molecule has 6 heteroatoms. The molecule has 1 aliphatic heterocycles. The molecule has 0 saturated carbocycles. The molecule has 0 atom stereocenters. The first-order chi connectivity index (χ1) is 10.9. The third-order valence-corrected chi connectivity index (χ3v) is 3.68. The molecule has 0 amide bonds. The average molecular weight is 307 g/mol. The predicted octanol–water partition coefficient (Wildman–Crippen LogP) is 0.766. The number of nitrogens with zero attached hydrogens (tertiary/aromatic N) is 3. The first kappa shape index (κ1) is 16.8. The standard InChI is InChI=1S/C16H29N5O/c1-2-17-16(19-7-11-20-8-3-4-9-20)18-6-5-10-21-12-14-22-15-13-21/h3-4,8-9H,2,5-7,10-15H2,1H3,(H2,17,18,19). The Hall–Kier alpha value is -1.53. The fourth-order valence-electron chi connectivity index (χ4n) is 2.47. The molecule has 1 fully saturated rings. The summed E-state index contributed by atoms with van der Waals surface area (Å²) in [4.78, 5) is 7.09. The van der Waals surface area contributed by atoms with Crippen LogP contribution in [0.3, 0.4) is 0 Å². The van der Waals surface area contributed by atoms with Gasteiger partial charge in [0.2, 0.25) is 0 Å². The van der Waals surface area contributed by atoms with Gasteiger partial charge < -0.3 is 19.9 Å². The fourth-order valence-corrected chi connectivity index (χ4v) is 2.47. The molecule has 1 aliphatic rings. The van der Waals surface area contributed by atoms with Crippen molar-refractivity contribution in [2.75, 3.05) is 52.5 Å². The minimum absolute atomic E-state index is 0.857. The summed E-state index contributed by atoms with van der Waals surface area (Å²) >= 11 is 0. The van der Waals surface area contributed by atoms with Gasteiger partial charge in [0.15, 0.2) is 5.96 Å². The number of nitrogens with one attached hydrogen (secondary N) is 2. The van der Waals surface area contributed by atoms with Gasteiger partial charge in [-0.2, -0.15) is 0 Å². The van der Waals surface area contributed by atoms with Crippen LogP contribution in [0.15, 0.2) is 29.5 Å². The first-order valence-electron chi connectivity index (χ1n) is 8.31. The van der Waals surface area contributed by atoms with Crippen LogP contribution in [-0.2, 0) is 11.3 Å². The maximum Gasteiger partial charge on any atom is 0.191 e. The number of aliphatic imine (C=N–C) groups is 1. The normalized spacial score (nSPS) is 16.7. The summed E-state index contributed by atoms with van der Waals surface area (Å²) in [7, 11) is 0. The zero-order chi connectivity index (χ0) is 15.5. The lowest BCUT2D eigenvalue weighted by Gasteiger charge is -2.26. The highest BCUT2D eigenvalue weighted by Gasteiger charge is 2.08. The van der Waals surface area contributed by atoms with Crippen LogP contribution in [0.5, 0.6) is 0 Å². The molecule has 0 radical (unpaired) electrons. The quantitative estimate of drug-likeness (QED) is 0.423. The topological polar surface area (TPSA) is 53.8 Å². The van der Waals surface area contributed by atoms with Crippen LogP contribution in [-0.4, -0.2) is 67.9 Å². The molecule has 0 unspecified atom stereocenters. The third-order valence-electron chi connectivity index (χ3n) is 3.68. The van der Waals surface area contributed by atoms with E-state index in [1.807, 2.05) is 12.1 Å². The summed E-state index contributed by atoms with van der Waals surface area (Å²) in [6.07, 6.45) is 5.25. The fraction of sp³-hybridized carbons (Fsp3) is 0.688. The van der Waals surface area contributed by atoms with E-state index < -0.39 is 0 Å². The number of guanidine groups is 1. The van der Waals surface area contributed by atoms with Crippen molar-refractivity contribution in [2.45, 2.75) is 19.9 Å². The van der Waals surface area contributed by atoms with Crippen LogP contribution >= 0.6 is 0 Å². The van der Waals surface area contributed by atoms with Gasteiger partial charge in [-0.25, -0.2) is 0 Å². The van der Waals surface area contributed by atoms with Crippen molar-refractivity contribution in [1.29, 1.82) is 0 Å². The van der Waals surface area contributed by atoms with Crippen LogP contribution in [0.4, 0.5) is 0 Å². The van der Waals surface area contributed by atoms with Crippen molar-refractivity contribution >= 4 is 5.96 Å². The summed E-state index contributed by atoms with van der Waals surface area (Å²) in [5.41, 5.74) is 0. The van der Waals surface area contributed by atoms with Gasteiger partial charge in [-0.05, 0) is 25.5 Å². The molecule has 2 rings (SSSR count). The van der Waals surface area contributed by atoms with Gasteiger partial charge in [0.1, 0.15) is 0 Å². The van der Waals surface area contributed by atoms with E-state index in [-0.39, 0.29) is 0 Å². The molecule has 0 bridgehead atoms. The number of ether oxygens (including phenoxy) is 1. The second-order valence-electron chi connectivity index (χ2n) is 5.42. The van der Waals surface area contributed by atoms with E-state index >= 15 is 0 Å². The Balaban J connectivity index is 1.62. The molecule has 124 valence electrons. The molecular weight excluding hydrogens is 278 g/mol. The molecule has 0 aliphatic carbocycles. The van der Waals surface area contributed by atoms with Gasteiger partial charge in [-0.3, -0.25) is 9.89 Å². The molecule has 22 heavy (non-hydrogen) atoms. The van der Waals surface area contributed by atoms with E-state index in [4.69, 9.17) is 4.74 Å². The molecular formula is C16H29N5O. The lowest BCUT2D eigenvalue weighted by Crippen LogP contribution is -2.39.